The summed E-state index contributed by atoms with van der Waals surface area (Å²) in [4.78, 5) is 28.8. The Labute approximate surface area is 166 Å². The molecular weight excluding hydrogens is 370 g/mol. The lowest BCUT2D eigenvalue weighted by Crippen LogP contribution is -2.29. The molecule has 2 N–H and O–H groups in total. The first-order valence-electron chi connectivity index (χ1n) is 9.00. The minimum absolute atomic E-state index is 0.139. The fourth-order valence-corrected chi connectivity index (χ4v) is 4.15. The van der Waals surface area contributed by atoms with Crippen molar-refractivity contribution >= 4 is 49.3 Å². The maximum Gasteiger partial charge on any atom is 0.228 e. The van der Waals surface area contributed by atoms with Crippen LogP contribution in [-0.2, 0) is 9.59 Å². The minimum Gasteiger partial charge on any atom is -0.349 e. The van der Waals surface area contributed by atoms with E-state index in [0.29, 0.717) is 5.13 Å². The first-order valence-corrected chi connectivity index (χ1v) is 9.82. The molecule has 0 saturated carbocycles. The lowest BCUT2D eigenvalue weighted by molar-refractivity contribution is -0.120. The molecule has 0 unspecified atom stereocenters. The summed E-state index contributed by atoms with van der Waals surface area (Å²) in [6.45, 7) is 1.45. The van der Waals surface area contributed by atoms with Crippen LogP contribution in [0.2, 0.25) is 0 Å². The van der Waals surface area contributed by atoms with Crippen LogP contribution in [0.1, 0.15) is 24.9 Å². The van der Waals surface area contributed by atoms with Gasteiger partial charge in [-0.1, -0.05) is 72.0 Å². The number of thiazole rings is 1. The number of anilines is 1. The van der Waals surface area contributed by atoms with E-state index in [4.69, 9.17) is 0 Å². The largest absolute Gasteiger partial charge is 0.349 e. The molecule has 28 heavy (non-hydrogen) atoms. The second-order valence-corrected chi connectivity index (χ2v) is 7.60. The predicted molar refractivity (Wildman–Crippen MR) is 113 cm³/mol. The monoisotopic (exact) mass is 389 g/mol. The van der Waals surface area contributed by atoms with Crippen LogP contribution in [-0.4, -0.2) is 16.8 Å². The number of fused-ring (bicyclic) bond motifs is 3. The zero-order valence-corrected chi connectivity index (χ0v) is 16.1. The molecule has 4 rings (SSSR count). The number of hydrogen-bond acceptors (Lipinski definition) is 4. The highest BCUT2D eigenvalue weighted by atomic mass is 32.1. The van der Waals surface area contributed by atoms with E-state index >= 15 is 0 Å². The van der Waals surface area contributed by atoms with Gasteiger partial charge in [-0.25, -0.2) is 4.98 Å². The van der Waals surface area contributed by atoms with Crippen molar-refractivity contribution in [1.82, 2.24) is 10.3 Å². The maximum atomic E-state index is 12.6. The van der Waals surface area contributed by atoms with Crippen LogP contribution in [0.25, 0.3) is 21.0 Å². The summed E-state index contributed by atoms with van der Waals surface area (Å²) in [6.07, 6.45) is 0.139. The summed E-state index contributed by atoms with van der Waals surface area (Å²) in [5, 5.41) is 8.48. The first kappa shape index (κ1) is 18.1. The highest BCUT2D eigenvalue weighted by Crippen LogP contribution is 2.32. The first-order chi connectivity index (χ1) is 13.6. The molecule has 2 amide bonds. The Morgan fingerprint density at radius 3 is 2.54 bits per heavy atom. The van der Waals surface area contributed by atoms with E-state index in [9.17, 15) is 9.59 Å². The molecule has 0 bridgehead atoms. The maximum absolute atomic E-state index is 12.6. The number of nitrogens with zero attached hydrogens (tertiary/aromatic N) is 1. The predicted octanol–water partition coefficient (Wildman–Crippen LogP) is 4.66. The third kappa shape index (κ3) is 3.87. The molecule has 0 aliphatic carbocycles. The summed E-state index contributed by atoms with van der Waals surface area (Å²) in [5.41, 5.74) is 1.78. The van der Waals surface area contributed by atoms with Crippen molar-refractivity contribution < 1.29 is 9.59 Å². The second kappa shape index (κ2) is 7.78. The van der Waals surface area contributed by atoms with Gasteiger partial charge >= 0.3 is 0 Å². The van der Waals surface area contributed by atoms with Crippen molar-refractivity contribution in [3.8, 4) is 0 Å². The van der Waals surface area contributed by atoms with Gasteiger partial charge < -0.3 is 10.6 Å². The Kier molecular flexibility index (Phi) is 5.04. The van der Waals surface area contributed by atoms with Gasteiger partial charge in [-0.15, -0.1) is 0 Å². The van der Waals surface area contributed by atoms with Crippen molar-refractivity contribution in [1.29, 1.82) is 0 Å². The summed E-state index contributed by atoms with van der Waals surface area (Å²) in [5.74, 6) is -0.362. The molecule has 0 aliphatic rings. The number of rotatable bonds is 5. The molecule has 1 aromatic heterocycles. The lowest BCUT2D eigenvalue weighted by atomic mass is 10.0. The Morgan fingerprint density at radius 2 is 1.75 bits per heavy atom. The molecule has 0 saturated heterocycles. The molecule has 1 atom stereocenters. The van der Waals surface area contributed by atoms with E-state index in [2.05, 4.69) is 21.7 Å². The highest BCUT2D eigenvalue weighted by Gasteiger charge is 2.18. The molecule has 1 heterocycles. The van der Waals surface area contributed by atoms with Gasteiger partial charge in [0.2, 0.25) is 11.8 Å². The summed E-state index contributed by atoms with van der Waals surface area (Å²) in [6, 6.07) is 21.2. The van der Waals surface area contributed by atoms with E-state index in [1.165, 1.54) is 18.3 Å². The van der Waals surface area contributed by atoms with Crippen LogP contribution in [0.4, 0.5) is 5.13 Å². The molecular formula is C22H19N3O2S. The number of carbonyl (C=O) groups is 2. The summed E-state index contributed by atoms with van der Waals surface area (Å²) in [7, 11) is 0. The van der Waals surface area contributed by atoms with Crippen LogP contribution >= 0.6 is 11.3 Å². The van der Waals surface area contributed by atoms with Gasteiger partial charge in [-0.2, -0.15) is 0 Å². The fraction of sp³-hybridized carbons (Fsp3) is 0.136. The van der Waals surface area contributed by atoms with Crippen LogP contribution in [0.15, 0.2) is 66.7 Å². The number of nitrogens with one attached hydrogen (secondary N) is 2. The Hall–Kier alpha value is -3.25. The van der Waals surface area contributed by atoms with Crippen LogP contribution in [0.3, 0.4) is 0 Å². The normalized spacial score (nSPS) is 12.0. The van der Waals surface area contributed by atoms with Crippen LogP contribution in [0, 0.1) is 0 Å². The van der Waals surface area contributed by atoms with Gasteiger partial charge in [0.25, 0.3) is 0 Å². The number of aromatic nitrogens is 1. The van der Waals surface area contributed by atoms with Gasteiger partial charge in [0.05, 0.1) is 22.7 Å². The van der Waals surface area contributed by atoms with Gasteiger partial charge in [-0.3, -0.25) is 9.59 Å². The molecule has 0 spiro atoms. The molecule has 4 aromatic rings. The number of hydrogen-bond donors (Lipinski definition) is 2. The summed E-state index contributed by atoms with van der Waals surface area (Å²) >= 11 is 1.45. The minimum atomic E-state index is -0.381. The number of benzene rings is 3. The molecule has 3 aromatic carbocycles. The molecule has 6 heteroatoms. The van der Waals surface area contributed by atoms with Gasteiger partial charge in [-0.05, 0) is 17.0 Å². The van der Waals surface area contributed by atoms with Crippen molar-refractivity contribution in [3.63, 3.8) is 0 Å². The molecule has 140 valence electrons. The number of amides is 2. The van der Waals surface area contributed by atoms with E-state index in [1.54, 1.807) is 0 Å². The highest BCUT2D eigenvalue weighted by molar-refractivity contribution is 7.22. The summed E-state index contributed by atoms with van der Waals surface area (Å²) < 4.78 is 1.02. The molecule has 0 radical (unpaired) electrons. The smallest absolute Gasteiger partial charge is 0.228 e. The van der Waals surface area contributed by atoms with Crippen molar-refractivity contribution in [2.75, 3.05) is 5.32 Å². The molecule has 0 fully saturated rings. The zero-order chi connectivity index (χ0) is 19.5. The quantitative estimate of drug-likeness (QED) is 0.522. The Bertz CT molecular complexity index is 1150. The van der Waals surface area contributed by atoms with Gasteiger partial charge in [0, 0.05) is 12.3 Å². The number of carbonyl (C=O) groups excluding carboxylic acids is 2. The van der Waals surface area contributed by atoms with E-state index in [0.717, 1.165) is 26.6 Å². The van der Waals surface area contributed by atoms with Gasteiger partial charge in [0.1, 0.15) is 0 Å². The average molecular weight is 389 g/mol. The third-order valence-electron chi connectivity index (χ3n) is 4.50. The van der Waals surface area contributed by atoms with Crippen LogP contribution in [0.5, 0.6) is 0 Å². The average Bonchev–Trinajstić information content (AvgIpc) is 3.10. The molecule has 5 nitrogen and oxygen atoms in total. The van der Waals surface area contributed by atoms with E-state index in [-0.39, 0.29) is 24.3 Å². The van der Waals surface area contributed by atoms with Crippen molar-refractivity contribution in [2.45, 2.75) is 19.4 Å². The van der Waals surface area contributed by atoms with Gasteiger partial charge in [0.15, 0.2) is 5.13 Å². The lowest BCUT2D eigenvalue weighted by Gasteiger charge is -2.17. The van der Waals surface area contributed by atoms with E-state index in [1.807, 2.05) is 60.7 Å². The Morgan fingerprint density at radius 1 is 1.00 bits per heavy atom. The second-order valence-electron chi connectivity index (χ2n) is 6.57. The fourth-order valence-electron chi connectivity index (χ4n) is 3.25. The topological polar surface area (TPSA) is 71.1 Å². The SMILES string of the molecule is CC(=O)N[C@H](CC(=O)Nc1nc2c(ccc3ccccc32)s1)c1ccccc1. The van der Waals surface area contributed by atoms with Crippen molar-refractivity contribution in [3.05, 3.63) is 72.3 Å². The third-order valence-corrected chi connectivity index (χ3v) is 5.43. The van der Waals surface area contributed by atoms with E-state index < -0.39 is 0 Å². The Balaban J connectivity index is 1.55. The van der Waals surface area contributed by atoms with Crippen molar-refractivity contribution in [2.24, 2.45) is 0 Å². The standard InChI is InChI=1S/C22H19N3O2S/c1-14(26)23-18(16-8-3-2-4-9-16)13-20(27)24-22-25-21-17-10-6-5-7-15(17)11-12-19(21)28-22/h2-12,18H,13H2,1H3,(H,23,26)(H,24,25,27)/t18-/m1/s1. The van der Waals surface area contributed by atoms with Crippen LogP contribution < -0.4 is 10.6 Å². The zero-order valence-electron chi connectivity index (χ0n) is 15.3. The molecule has 0 aliphatic heterocycles.